The van der Waals surface area contributed by atoms with Gasteiger partial charge in [-0.1, -0.05) is 31.4 Å². The Kier molecular flexibility index (Phi) is 4.74. The molecular weight excluding hydrogens is 272 g/mol. The molecule has 0 atom stereocenters. The molecule has 2 N–H and O–H groups in total. The number of rotatable bonds is 5. The van der Waals surface area contributed by atoms with Gasteiger partial charge in [-0.2, -0.15) is 0 Å². The van der Waals surface area contributed by atoms with Crippen LogP contribution in [0, 0.1) is 5.41 Å². The summed E-state index contributed by atoms with van der Waals surface area (Å²) in [5.41, 5.74) is 8.55. The molecule has 1 aliphatic rings. The van der Waals surface area contributed by atoms with Crippen molar-refractivity contribution in [2.75, 3.05) is 13.2 Å². The smallest absolute Gasteiger partial charge is 0.119 e. The van der Waals surface area contributed by atoms with Gasteiger partial charge in [0.2, 0.25) is 0 Å². The molecule has 1 aromatic heterocycles. The molecule has 0 saturated heterocycles. The molecule has 0 amide bonds. The lowest BCUT2D eigenvalue weighted by Crippen LogP contribution is -2.38. The Bertz CT molecular complexity index is 574. The van der Waals surface area contributed by atoms with Gasteiger partial charge in [-0.3, -0.25) is 4.98 Å². The highest BCUT2D eigenvalue weighted by molar-refractivity contribution is 5.63. The van der Waals surface area contributed by atoms with Gasteiger partial charge in [0.1, 0.15) is 5.75 Å². The third kappa shape index (κ3) is 3.47. The number of pyridine rings is 1. The molecule has 1 aliphatic carbocycles. The first-order valence-corrected chi connectivity index (χ1v) is 8.15. The zero-order valence-electron chi connectivity index (χ0n) is 13.0. The zero-order valence-corrected chi connectivity index (χ0v) is 13.0. The van der Waals surface area contributed by atoms with Gasteiger partial charge in [0.25, 0.3) is 0 Å². The van der Waals surface area contributed by atoms with Crippen molar-refractivity contribution in [3.05, 3.63) is 48.8 Å². The van der Waals surface area contributed by atoms with E-state index in [1.807, 2.05) is 36.7 Å². The van der Waals surface area contributed by atoms with Gasteiger partial charge in [0.15, 0.2) is 0 Å². The Hall–Kier alpha value is -1.87. The number of ether oxygens (including phenoxy) is 1. The number of aromatic nitrogens is 1. The number of hydrogen-bond donors (Lipinski definition) is 1. The van der Waals surface area contributed by atoms with Gasteiger partial charge in [-0.15, -0.1) is 0 Å². The SMILES string of the molecule is NCC1(COc2ccc(-c3ccncc3)cc2)CCCCC1. The van der Waals surface area contributed by atoms with Crippen molar-refractivity contribution in [3.63, 3.8) is 0 Å². The van der Waals surface area contributed by atoms with Crippen molar-refractivity contribution < 1.29 is 4.74 Å². The molecule has 2 aromatic rings. The molecule has 1 fully saturated rings. The molecule has 0 aliphatic heterocycles. The fourth-order valence-corrected chi connectivity index (χ4v) is 3.23. The molecule has 1 saturated carbocycles. The summed E-state index contributed by atoms with van der Waals surface area (Å²) in [6.07, 6.45) is 9.91. The van der Waals surface area contributed by atoms with E-state index in [0.717, 1.165) is 18.9 Å². The van der Waals surface area contributed by atoms with Gasteiger partial charge >= 0.3 is 0 Å². The molecule has 1 heterocycles. The second kappa shape index (κ2) is 6.93. The van der Waals surface area contributed by atoms with Crippen LogP contribution in [0.5, 0.6) is 5.75 Å². The predicted octanol–water partition coefficient (Wildman–Crippen LogP) is 4.04. The van der Waals surface area contributed by atoms with Crippen LogP contribution in [0.3, 0.4) is 0 Å². The van der Waals surface area contributed by atoms with Crippen LogP contribution in [-0.2, 0) is 0 Å². The zero-order chi connectivity index (χ0) is 15.3. The molecule has 0 unspecified atom stereocenters. The molecule has 0 spiro atoms. The van der Waals surface area contributed by atoms with Gasteiger partial charge < -0.3 is 10.5 Å². The summed E-state index contributed by atoms with van der Waals surface area (Å²) in [7, 11) is 0. The summed E-state index contributed by atoms with van der Waals surface area (Å²) in [6, 6.07) is 12.3. The summed E-state index contributed by atoms with van der Waals surface area (Å²) >= 11 is 0. The maximum Gasteiger partial charge on any atom is 0.119 e. The highest BCUT2D eigenvalue weighted by Crippen LogP contribution is 2.36. The molecule has 0 bridgehead atoms. The van der Waals surface area contributed by atoms with Gasteiger partial charge in [0, 0.05) is 24.4 Å². The van der Waals surface area contributed by atoms with E-state index in [1.54, 1.807) is 0 Å². The average molecular weight is 296 g/mol. The lowest BCUT2D eigenvalue weighted by atomic mass is 9.75. The molecule has 3 rings (SSSR count). The van der Waals surface area contributed by atoms with Crippen molar-refractivity contribution >= 4 is 0 Å². The van der Waals surface area contributed by atoms with E-state index in [-0.39, 0.29) is 5.41 Å². The van der Waals surface area contributed by atoms with E-state index in [0.29, 0.717) is 0 Å². The Morgan fingerprint density at radius 3 is 2.18 bits per heavy atom. The van der Waals surface area contributed by atoms with Crippen molar-refractivity contribution in [1.29, 1.82) is 0 Å². The van der Waals surface area contributed by atoms with E-state index in [4.69, 9.17) is 10.5 Å². The minimum absolute atomic E-state index is 0.183. The van der Waals surface area contributed by atoms with Crippen molar-refractivity contribution in [2.24, 2.45) is 11.1 Å². The maximum atomic E-state index is 6.04. The van der Waals surface area contributed by atoms with Crippen LogP contribution in [-0.4, -0.2) is 18.1 Å². The first-order valence-electron chi connectivity index (χ1n) is 8.15. The lowest BCUT2D eigenvalue weighted by molar-refractivity contribution is 0.105. The topological polar surface area (TPSA) is 48.1 Å². The van der Waals surface area contributed by atoms with E-state index < -0.39 is 0 Å². The van der Waals surface area contributed by atoms with Crippen LogP contribution >= 0.6 is 0 Å². The number of nitrogens with two attached hydrogens (primary N) is 1. The Morgan fingerprint density at radius 1 is 0.909 bits per heavy atom. The van der Waals surface area contributed by atoms with Gasteiger partial charge in [-0.25, -0.2) is 0 Å². The van der Waals surface area contributed by atoms with E-state index in [2.05, 4.69) is 17.1 Å². The molecule has 116 valence electrons. The van der Waals surface area contributed by atoms with E-state index in [9.17, 15) is 0 Å². The third-order valence-corrected chi connectivity index (χ3v) is 4.76. The molecule has 1 aromatic carbocycles. The molecular formula is C19H24N2O. The largest absolute Gasteiger partial charge is 0.493 e. The number of benzene rings is 1. The second-order valence-corrected chi connectivity index (χ2v) is 6.31. The number of hydrogen-bond acceptors (Lipinski definition) is 3. The lowest BCUT2D eigenvalue weighted by Gasteiger charge is -2.35. The summed E-state index contributed by atoms with van der Waals surface area (Å²) in [6.45, 7) is 1.46. The van der Waals surface area contributed by atoms with Crippen LogP contribution in [0.15, 0.2) is 48.8 Å². The monoisotopic (exact) mass is 296 g/mol. The fraction of sp³-hybridized carbons (Fsp3) is 0.421. The first-order chi connectivity index (χ1) is 10.8. The van der Waals surface area contributed by atoms with Crippen molar-refractivity contribution in [1.82, 2.24) is 4.98 Å². The van der Waals surface area contributed by atoms with Gasteiger partial charge in [0.05, 0.1) is 6.61 Å². The standard InChI is InChI=1S/C19H24N2O/c20-14-19(10-2-1-3-11-19)15-22-18-6-4-16(5-7-18)17-8-12-21-13-9-17/h4-9,12-13H,1-3,10-11,14-15,20H2. The molecule has 0 radical (unpaired) electrons. The third-order valence-electron chi connectivity index (χ3n) is 4.76. The normalized spacial score (nSPS) is 17.1. The molecule has 3 heteroatoms. The summed E-state index contributed by atoms with van der Waals surface area (Å²) < 4.78 is 6.04. The fourth-order valence-electron chi connectivity index (χ4n) is 3.23. The Balaban J connectivity index is 1.64. The van der Waals surface area contributed by atoms with Crippen molar-refractivity contribution in [3.8, 4) is 16.9 Å². The summed E-state index contributed by atoms with van der Waals surface area (Å²) in [4.78, 5) is 4.05. The van der Waals surface area contributed by atoms with Crippen LogP contribution in [0.25, 0.3) is 11.1 Å². The summed E-state index contributed by atoms with van der Waals surface area (Å²) in [5, 5.41) is 0. The quantitative estimate of drug-likeness (QED) is 0.906. The van der Waals surface area contributed by atoms with Crippen LogP contribution in [0.1, 0.15) is 32.1 Å². The maximum absolute atomic E-state index is 6.04. The molecule has 22 heavy (non-hydrogen) atoms. The van der Waals surface area contributed by atoms with Gasteiger partial charge in [-0.05, 0) is 48.2 Å². The Labute approximate surface area is 132 Å². The van der Waals surface area contributed by atoms with E-state index in [1.165, 1.54) is 43.2 Å². The molecule has 3 nitrogen and oxygen atoms in total. The van der Waals surface area contributed by atoms with Crippen LogP contribution < -0.4 is 10.5 Å². The number of nitrogens with zero attached hydrogens (tertiary/aromatic N) is 1. The summed E-state index contributed by atoms with van der Waals surface area (Å²) in [5.74, 6) is 0.927. The van der Waals surface area contributed by atoms with Crippen LogP contribution in [0.4, 0.5) is 0 Å². The highest BCUT2D eigenvalue weighted by Gasteiger charge is 2.31. The van der Waals surface area contributed by atoms with Crippen molar-refractivity contribution in [2.45, 2.75) is 32.1 Å². The highest BCUT2D eigenvalue weighted by atomic mass is 16.5. The minimum atomic E-state index is 0.183. The predicted molar refractivity (Wildman–Crippen MR) is 89.7 cm³/mol. The Morgan fingerprint density at radius 2 is 1.55 bits per heavy atom. The van der Waals surface area contributed by atoms with Crippen LogP contribution in [0.2, 0.25) is 0 Å². The average Bonchev–Trinajstić information content (AvgIpc) is 2.62. The van der Waals surface area contributed by atoms with E-state index >= 15 is 0 Å². The second-order valence-electron chi connectivity index (χ2n) is 6.31. The first kappa shape index (κ1) is 15.0. The minimum Gasteiger partial charge on any atom is -0.493 e.